The van der Waals surface area contributed by atoms with Crippen molar-refractivity contribution in [3.63, 3.8) is 0 Å². The van der Waals surface area contributed by atoms with Crippen LogP contribution in [0.5, 0.6) is 0 Å². The first-order valence-corrected chi connectivity index (χ1v) is 16.4. The van der Waals surface area contributed by atoms with Crippen LogP contribution in [0.1, 0.15) is 58.9 Å². The van der Waals surface area contributed by atoms with Gasteiger partial charge in [-0.15, -0.1) is 0 Å². The molecule has 1 fully saturated rings. The molecule has 1 aliphatic heterocycles. The zero-order valence-corrected chi connectivity index (χ0v) is 29.9. The van der Waals surface area contributed by atoms with Crippen LogP contribution in [0.2, 0.25) is 5.02 Å². The molecule has 51 heavy (non-hydrogen) atoms. The fourth-order valence-corrected chi connectivity index (χ4v) is 5.36. The van der Waals surface area contributed by atoms with Gasteiger partial charge in [0.1, 0.15) is 12.2 Å². The molecule has 18 heteroatoms. The molecule has 2 rings (SSSR count). The second-order valence-electron chi connectivity index (χ2n) is 11.5. The molecule has 1 saturated heterocycles. The molecule has 1 aliphatic rings. The number of halogens is 1. The number of aliphatic hydroxyl groups is 1. The molecule has 0 spiro atoms. The van der Waals surface area contributed by atoms with E-state index in [0.29, 0.717) is 29.8 Å². The number of unbranched alkanes of at least 4 members (excludes halogenated alkanes) is 2. The van der Waals surface area contributed by atoms with Gasteiger partial charge in [-0.25, -0.2) is 4.79 Å². The normalized spacial score (nSPS) is 20.9. The molecular formula is C33H45ClN2O15. The summed E-state index contributed by atoms with van der Waals surface area (Å²) in [6, 6.07) is 5.00. The van der Waals surface area contributed by atoms with E-state index in [0.717, 1.165) is 34.8 Å². The van der Waals surface area contributed by atoms with E-state index in [-0.39, 0.29) is 19.6 Å². The third kappa shape index (κ3) is 14.4. The van der Waals surface area contributed by atoms with Crippen LogP contribution in [0.15, 0.2) is 24.3 Å². The summed E-state index contributed by atoms with van der Waals surface area (Å²) in [5, 5.41) is 14.8. The van der Waals surface area contributed by atoms with Crippen LogP contribution in [0.3, 0.4) is 0 Å². The Balaban J connectivity index is 2.65. The number of ether oxygens (including phenoxy) is 7. The van der Waals surface area contributed by atoms with E-state index >= 15 is 0 Å². The van der Waals surface area contributed by atoms with Crippen molar-refractivity contribution in [3.8, 4) is 0 Å². The molecular weight excluding hydrogens is 700 g/mol. The van der Waals surface area contributed by atoms with Gasteiger partial charge in [-0.1, -0.05) is 23.7 Å². The molecule has 0 aromatic heterocycles. The minimum Gasteiger partial charge on any atom is -0.465 e. The number of benzene rings is 1. The zero-order chi connectivity index (χ0) is 38.1. The van der Waals surface area contributed by atoms with Crippen LogP contribution in [0, 0.1) is 0 Å². The fourth-order valence-electron chi connectivity index (χ4n) is 5.23. The largest absolute Gasteiger partial charge is 0.465 e. The lowest BCUT2D eigenvalue weighted by molar-refractivity contribution is -0.313. The van der Waals surface area contributed by atoms with E-state index in [1.807, 2.05) is 0 Å². The van der Waals surface area contributed by atoms with Crippen molar-refractivity contribution in [2.45, 2.75) is 96.0 Å². The topological polar surface area (TPSA) is 228 Å². The Morgan fingerprint density at radius 2 is 1.59 bits per heavy atom. The summed E-state index contributed by atoms with van der Waals surface area (Å²) in [7, 11) is 1.05. The molecule has 0 saturated carbocycles. The van der Waals surface area contributed by atoms with Gasteiger partial charge in [0.05, 0.1) is 39.1 Å². The molecule has 0 unspecified atom stereocenters. The third-order valence-corrected chi connectivity index (χ3v) is 7.58. The number of carbonyl (C=O) groups excluding carboxylic acids is 7. The molecule has 1 aromatic rings. The number of methoxy groups -OCH3 is 1. The Labute approximate surface area is 299 Å². The molecule has 0 bridgehead atoms. The van der Waals surface area contributed by atoms with Gasteiger partial charge in [-0.05, 0) is 37.0 Å². The Kier molecular flexibility index (Phi) is 17.8. The van der Waals surface area contributed by atoms with E-state index < -0.39 is 97.5 Å². The van der Waals surface area contributed by atoms with Crippen molar-refractivity contribution in [1.82, 2.24) is 10.6 Å². The van der Waals surface area contributed by atoms with E-state index in [1.165, 1.54) is 0 Å². The predicted octanol–water partition coefficient (Wildman–Crippen LogP) is 0.679. The second-order valence-corrected chi connectivity index (χ2v) is 12.0. The minimum absolute atomic E-state index is 0.0815. The molecule has 0 aliphatic carbocycles. The maximum absolute atomic E-state index is 13.4. The summed E-state index contributed by atoms with van der Waals surface area (Å²) in [5.74, 6) is -8.28. The Morgan fingerprint density at radius 3 is 2.16 bits per heavy atom. The van der Waals surface area contributed by atoms with Crippen LogP contribution in [0.4, 0.5) is 0 Å². The number of hydrogen-bond acceptors (Lipinski definition) is 15. The highest BCUT2D eigenvalue weighted by Gasteiger charge is 2.59. The summed E-state index contributed by atoms with van der Waals surface area (Å²) in [6.45, 7) is 2.79. The van der Waals surface area contributed by atoms with Crippen LogP contribution in [-0.2, 0) is 73.1 Å². The average molecular weight is 745 g/mol. The van der Waals surface area contributed by atoms with E-state index in [9.17, 15) is 33.6 Å². The lowest BCUT2D eigenvalue weighted by Gasteiger charge is -2.48. The third-order valence-electron chi connectivity index (χ3n) is 7.32. The highest BCUT2D eigenvalue weighted by atomic mass is 35.5. The van der Waals surface area contributed by atoms with Crippen molar-refractivity contribution in [2.24, 2.45) is 0 Å². The lowest BCUT2D eigenvalue weighted by Crippen LogP contribution is -2.70. The van der Waals surface area contributed by atoms with E-state index in [2.05, 4.69) is 10.6 Å². The summed E-state index contributed by atoms with van der Waals surface area (Å²) >= 11 is 5.93. The maximum Gasteiger partial charge on any atom is 0.366 e. The molecule has 17 nitrogen and oxygen atoms in total. The standard InChI is InChI=1S/C33H45ClN2O15/c1-19(38)46-18-28(43)36-29-25(48-20(2)39)16-33(32(44)45-5,47-14-8-6-7-13-37)51-31(29)30(50-22(4)41)26(49-21(3)40)17-35-27(42)15-23-9-11-24(34)12-10-23/h9-12,25-26,29-31,37H,6-8,13-18H2,1-5H3,(H,35,42)(H,36,43)/t25-,26+,29+,30+,31+,33+/m0/s1. The van der Waals surface area contributed by atoms with Crippen molar-refractivity contribution in [2.75, 3.05) is 33.5 Å². The van der Waals surface area contributed by atoms with Gasteiger partial charge in [0.15, 0.2) is 18.8 Å². The number of amides is 2. The Morgan fingerprint density at radius 1 is 0.922 bits per heavy atom. The number of carbonyl (C=O) groups is 7. The van der Waals surface area contributed by atoms with Gasteiger partial charge >= 0.3 is 29.8 Å². The van der Waals surface area contributed by atoms with Crippen molar-refractivity contribution < 1.29 is 71.8 Å². The maximum atomic E-state index is 13.4. The summed E-state index contributed by atoms with van der Waals surface area (Å²) in [5.41, 5.74) is 0.604. The molecule has 0 radical (unpaired) electrons. The van der Waals surface area contributed by atoms with Gasteiger partial charge in [-0.3, -0.25) is 28.8 Å². The van der Waals surface area contributed by atoms with Gasteiger partial charge in [0.2, 0.25) is 5.91 Å². The fraction of sp³-hybridized carbons (Fsp3) is 0.606. The minimum atomic E-state index is -2.34. The lowest BCUT2D eigenvalue weighted by atomic mass is 9.87. The van der Waals surface area contributed by atoms with E-state index in [4.69, 9.17) is 49.9 Å². The van der Waals surface area contributed by atoms with Crippen LogP contribution in [0.25, 0.3) is 0 Å². The smallest absolute Gasteiger partial charge is 0.366 e. The van der Waals surface area contributed by atoms with Crippen LogP contribution < -0.4 is 10.6 Å². The predicted molar refractivity (Wildman–Crippen MR) is 175 cm³/mol. The summed E-state index contributed by atoms with van der Waals surface area (Å²) in [4.78, 5) is 88.2. The average Bonchev–Trinajstić information content (AvgIpc) is 3.05. The number of nitrogens with one attached hydrogen (secondary N) is 2. The number of esters is 5. The van der Waals surface area contributed by atoms with Gasteiger partial charge in [0, 0.05) is 39.3 Å². The Bertz CT molecular complexity index is 1370. The monoisotopic (exact) mass is 744 g/mol. The molecule has 1 heterocycles. The molecule has 3 N–H and O–H groups in total. The Hall–Kier alpha value is -4.32. The molecule has 284 valence electrons. The second kappa shape index (κ2) is 21.1. The van der Waals surface area contributed by atoms with Crippen LogP contribution in [-0.4, -0.2) is 116 Å². The zero-order valence-electron chi connectivity index (χ0n) is 29.1. The SMILES string of the molecule is COC(=O)[C@@]1(OCCCCCO)C[C@H](OC(C)=O)[C@@H](NC(=O)COC(C)=O)[C@H]([C@H](OC(C)=O)[C@@H](CNC(=O)Cc2ccc(Cl)cc2)OC(C)=O)O1. The first-order valence-electron chi connectivity index (χ1n) is 16.1. The van der Waals surface area contributed by atoms with E-state index in [1.54, 1.807) is 24.3 Å². The van der Waals surface area contributed by atoms with Crippen LogP contribution >= 0.6 is 11.6 Å². The summed E-state index contributed by atoms with van der Waals surface area (Å²) in [6.07, 6.45) is -5.80. The number of aliphatic hydroxyl groups excluding tert-OH is 1. The number of hydrogen-bond donors (Lipinski definition) is 3. The summed E-state index contributed by atoms with van der Waals surface area (Å²) < 4.78 is 38.7. The number of rotatable bonds is 19. The first kappa shape index (κ1) is 42.8. The van der Waals surface area contributed by atoms with Gasteiger partial charge < -0.3 is 48.9 Å². The van der Waals surface area contributed by atoms with Crippen molar-refractivity contribution in [1.29, 1.82) is 0 Å². The first-order chi connectivity index (χ1) is 24.1. The molecule has 2 amide bonds. The van der Waals surface area contributed by atoms with Gasteiger partial charge in [-0.2, -0.15) is 0 Å². The molecule has 1 aromatic carbocycles. The van der Waals surface area contributed by atoms with Crippen molar-refractivity contribution in [3.05, 3.63) is 34.9 Å². The van der Waals surface area contributed by atoms with Crippen molar-refractivity contribution >= 4 is 53.3 Å². The molecule has 6 atom stereocenters. The quantitative estimate of drug-likeness (QED) is 0.101. The highest BCUT2D eigenvalue weighted by molar-refractivity contribution is 6.30. The van der Waals surface area contributed by atoms with Gasteiger partial charge in [0.25, 0.3) is 11.7 Å². The highest BCUT2D eigenvalue weighted by Crippen LogP contribution is 2.37.